The molecule has 0 bridgehead atoms. The van der Waals surface area contributed by atoms with E-state index in [9.17, 15) is 9.59 Å². The average molecular weight is 465 g/mol. The van der Waals surface area contributed by atoms with Crippen LogP contribution in [-0.4, -0.2) is 33.0 Å². The van der Waals surface area contributed by atoms with Crippen molar-refractivity contribution in [3.8, 4) is 11.4 Å². The first-order valence-electron chi connectivity index (χ1n) is 9.75. The number of benzene rings is 2. The van der Waals surface area contributed by atoms with Gasteiger partial charge in [0.05, 0.1) is 23.3 Å². The molecule has 162 valence electrons. The zero-order valence-corrected chi connectivity index (χ0v) is 19.3. The second-order valence-electron chi connectivity index (χ2n) is 7.20. The molecule has 1 saturated heterocycles. The molecule has 3 aromatic rings. The summed E-state index contributed by atoms with van der Waals surface area (Å²) in [6, 6.07) is 16.0. The van der Waals surface area contributed by atoms with Crippen LogP contribution >= 0.6 is 24.0 Å². The van der Waals surface area contributed by atoms with Gasteiger partial charge in [0.15, 0.2) is 4.32 Å². The minimum atomic E-state index is -0.963. The van der Waals surface area contributed by atoms with Gasteiger partial charge in [0, 0.05) is 17.1 Å². The summed E-state index contributed by atoms with van der Waals surface area (Å²) in [5.74, 6) is -0.580. The van der Waals surface area contributed by atoms with Gasteiger partial charge in [-0.3, -0.25) is 9.69 Å². The fourth-order valence-electron chi connectivity index (χ4n) is 3.72. The fourth-order valence-corrected chi connectivity index (χ4v) is 4.99. The summed E-state index contributed by atoms with van der Waals surface area (Å²) in [6.07, 6.45) is 1.85. The maximum absolute atomic E-state index is 13.2. The number of carboxylic acid groups (broad SMARTS) is 1. The van der Waals surface area contributed by atoms with E-state index in [1.54, 1.807) is 43.5 Å². The number of para-hydroxylation sites is 2. The SMILES string of the molecule is COc1ccccc1N1C(=O)/C(=C\c2cc(C)n(-c3ccc(C(=O)O)cc3)c2C)SC1=S. The van der Waals surface area contributed by atoms with Crippen LogP contribution in [0.5, 0.6) is 5.75 Å². The van der Waals surface area contributed by atoms with Gasteiger partial charge in [0.25, 0.3) is 5.91 Å². The highest BCUT2D eigenvalue weighted by atomic mass is 32.2. The summed E-state index contributed by atoms with van der Waals surface area (Å²) in [4.78, 5) is 26.4. The number of rotatable bonds is 5. The van der Waals surface area contributed by atoms with Gasteiger partial charge >= 0.3 is 5.97 Å². The molecule has 6 nitrogen and oxygen atoms in total. The predicted molar refractivity (Wildman–Crippen MR) is 131 cm³/mol. The van der Waals surface area contributed by atoms with Crippen molar-refractivity contribution in [3.05, 3.63) is 82.0 Å². The number of aromatic nitrogens is 1. The Hall–Kier alpha value is -3.36. The van der Waals surface area contributed by atoms with Crippen molar-refractivity contribution in [3.63, 3.8) is 0 Å². The van der Waals surface area contributed by atoms with Crippen LogP contribution in [0.4, 0.5) is 5.69 Å². The molecule has 1 aliphatic heterocycles. The smallest absolute Gasteiger partial charge is 0.335 e. The van der Waals surface area contributed by atoms with E-state index in [1.165, 1.54) is 16.7 Å². The Morgan fingerprint density at radius 3 is 2.47 bits per heavy atom. The third-order valence-electron chi connectivity index (χ3n) is 5.25. The molecule has 1 fully saturated rings. The summed E-state index contributed by atoms with van der Waals surface area (Å²) < 4.78 is 7.87. The van der Waals surface area contributed by atoms with E-state index in [1.807, 2.05) is 42.7 Å². The van der Waals surface area contributed by atoms with Crippen LogP contribution in [-0.2, 0) is 4.79 Å². The fraction of sp³-hybridized carbons (Fsp3) is 0.125. The maximum Gasteiger partial charge on any atom is 0.335 e. The molecule has 32 heavy (non-hydrogen) atoms. The third-order valence-corrected chi connectivity index (χ3v) is 6.55. The summed E-state index contributed by atoms with van der Waals surface area (Å²) >= 11 is 6.75. The zero-order chi connectivity index (χ0) is 23.0. The second-order valence-corrected chi connectivity index (χ2v) is 8.88. The van der Waals surface area contributed by atoms with E-state index >= 15 is 0 Å². The van der Waals surface area contributed by atoms with Crippen molar-refractivity contribution in [2.75, 3.05) is 12.0 Å². The van der Waals surface area contributed by atoms with Crippen LogP contribution in [0.15, 0.2) is 59.5 Å². The highest BCUT2D eigenvalue weighted by Gasteiger charge is 2.35. The van der Waals surface area contributed by atoms with E-state index < -0.39 is 5.97 Å². The number of ether oxygens (including phenoxy) is 1. The Balaban J connectivity index is 1.69. The molecule has 0 radical (unpaired) electrons. The van der Waals surface area contributed by atoms with Crippen LogP contribution in [0, 0.1) is 13.8 Å². The molecule has 4 rings (SSSR count). The van der Waals surface area contributed by atoms with Crippen molar-refractivity contribution in [2.24, 2.45) is 0 Å². The summed E-state index contributed by atoms with van der Waals surface area (Å²) in [5, 5.41) is 9.13. The Morgan fingerprint density at radius 2 is 1.81 bits per heavy atom. The highest BCUT2D eigenvalue weighted by molar-refractivity contribution is 8.27. The number of carbonyl (C=O) groups is 2. The predicted octanol–water partition coefficient (Wildman–Crippen LogP) is 5.21. The standard InChI is InChI=1S/C24H20N2O4S2/c1-14-12-17(15(2)25(14)18-10-8-16(9-11-18)23(28)29)13-21-22(27)26(24(31)32-21)19-6-4-5-7-20(19)30-3/h4-13H,1-3H3,(H,28,29)/b21-13+. The Labute approximate surface area is 195 Å². The van der Waals surface area contributed by atoms with Gasteiger partial charge in [-0.2, -0.15) is 0 Å². The van der Waals surface area contributed by atoms with Gasteiger partial charge < -0.3 is 14.4 Å². The van der Waals surface area contributed by atoms with Crippen LogP contribution in [0.3, 0.4) is 0 Å². The molecule has 1 amide bonds. The van der Waals surface area contributed by atoms with Crippen molar-refractivity contribution in [1.29, 1.82) is 0 Å². The number of thioether (sulfide) groups is 1. The molecule has 0 atom stereocenters. The van der Waals surface area contributed by atoms with Crippen LogP contribution in [0.1, 0.15) is 27.3 Å². The minimum Gasteiger partial charge on any atom is -0.495 e. The second kappa shape index (κ2) is 8.64. The van der Waals surface area contributed by atoms with Gasteiger partial charge in [0.1, 0.15) is 5.75 Å². The lowest BCUT2D eigenvalue weighted by molar-refractivity contribution is -0.113. The van der Waals surface area contributed by atoms with Gasteiger partial charge in [-0.15, -0.1) is 0 Å². The Bertz CT molecular complexity index is 1280. The lowest BCUT2D eigenvalue weighted by atomic mass is 10.2. The van der Waals surface area contributed by atoms with Gasteiger partial charge in [-0.1, -0.05) is 36.1 Å². The summed E-state index contributed by atoms with van der Waals surface area (Å²) in [7, 11) is 1.56. The van der Waals surface area contributed by atoms with Crippen molar-refractivity contribution < 1.29 is 19.4 Å². The van der Waals surface area contributed by atoms with E-state index in [0.29, 0.717) is 20.7 Å². The van der Waals surface area contributed by atoms with E-state index in [0.717, 1.165) is 22.6 Å². The molecule has 0 spiro atoms. The van der Waals surface area contributed by atoms with Crippen molar-refractivity contribution >= 4 is 51.9 Å². The number of methoxy groups -OCH3 is 1. The average Bonchev–Trinajstić information content (AvgIpc) is 3.22. The molecule has 0 unspecified atom stereocenters. The molecule has 8 heteroatoms. The summed E-state index contributed by atoms with van der Waals surface area (Å²) in [5.41, 5.74) is 4.50. The minimum absolute atomic E-state index is 0.194. The Kier molecular flexibility index (Phi) is 5.90. The number of nitrogens with zero attached hydrogens (tertiary/aromatic N) is 2. The van der Waals surface area contributed by atoms with E-state index in [4.69, 9.17) is 22.1 Å². The normalized spacial score (nSPS) is 15.0. The number of carboxylic acids is 1. The first-order valence-corrected chi connectivity index (χ1v) is 11.0. The first kappa shape index (κ1) is 21.9. The number of aromatic carboxylic acids is 1. The molecule has 1 aromatic heterocycles. The molecule has 0 saturated carbocycles. The van der Waals surface area contributed by atoms with Crippen molar-refractivity contribution in [2.45, 2.75) is 13.8 Å². The quantitative estimate of drug-likeness (QED) is 0.413. The lowest BCUT2D eigenvalue weighted by Crippen LogP contribution is -2.27. The first-order chi connectivity index (χ1) is 15.3. The molecule has 0 aliphatic carbocycles. The maximum atomic E-state index is 13.2. The molecule has 2 aromatic carbocycles. The van der Waals surface area contributed by atoms with Crippen LogP contribution in [0.25, 0.3) is 11.8 Å². The zero-order valence-electron chi connectivity index (χ0n) is 17.7. The Morgan fingerprint density at radius 1 is 1.12 bits per heavy atom. The molecular weight excluding hydrogens is 444 g/mol. The summed E-state index contributed by atoms with van der Waals surface area (Å²) in [6.45, 7) is 3.93. The van der Waals surface area contributed by atoms with Crippen LogP contribution in [0.2, 0.25) is 0 Å². The number of amides is 1. The third kappa shape index (κ3) is 3.83. The molecule has 1 N–H and O–H groups in total. The van der Waals surface area contributed by atoms with Crippen LogP contribution < -0.4 is 9.64 Å². The van der Waals surface area contributed by atoms with E-state index in [2.05, 4.69) is 0 Å². The molecular formula is C24H20N2O4S2. The van der Waals surface area contributed by atoms with Gasteiger partial charge in [-0.05, 0) is 68.0 Å². The molecule has 2 heterocycles. The number of hydrogen-bond donors (Lipinski definition) is 1. The largest absolute Gasteiger partial charge is 0.495 e. The monoisotopic (exact) mass is 464 g/mol. The number of carbonyl (C=O) groups excluding carboxylic acids is 1. The van der Waals surface area contributed by atoms with Crippen molar-refractivity contribution in [1.82, 2.24) is 4.57 Å². The number of hydrogen-bond acceptors (Lipinski definition) is 5. The number of thiocarbonyl (C=S) groups is 1. The lowest BCUT2D eigenvalue weighted by Gasteiger charge is -2.17. The topological polar surface area (TPSA) is 71.8 Å². The van der Waals surface area contributed by atoms with Gasteiger partial charge in [-0.25, -0.2) is 4.79 Å². The van der Waals surface area contributed by atoms with Gasteiger partial charge in [0.2, 0.25) is 0 Å². The number of anilines is 1. The van der Waals surface area contributed by atoms with E-state index in [-0.39, 0.29) is 11.5 Å². The molecule has 1 aliphatic rings. The number of aryl methyl sites for hydroxylation is 1. The highest BCUT2D eigenvalue weighted by Crippen LogP contribution is 2.40.